The minimum Gasteiger partial charge on any atom is -0.504 e. The second-order valence-electron chi connectivity index (χ2n) is 16.2. The van der Waals surface area contributed by atoms with Gasteiger partial charge in [-0.05, 0) is 51.1 Å². The lowest BCUT2D eigenvalue weighted by Gasteiger charge is -2.50. The lowest BCUT2D eigenvalue weighted by atomic mass is 9.83. The normalized spacial score (nSPS) is 22.5. The minimum absolute atomic E-state index is 0.0406. The lowest BCUT2D eigenvalue weighted by Crippen LogP contribution is -2.64. The summed E-state index contributed by atoms with van der Waals surface area (Å²) in [5.41, 5.74) is -3.46. The van der Waals surface area contributed by atoms with Gasteiger partial charge in [0.1, 0.15) is 24.3 Å². The van der Waals surface area contributed by atoms with Gasteiger partial charge < -0.3 is 34.3 Å². The maximum Gasteiger partial charge on any atom is 0.416 e. The molecule has 8 heterocycles. The van der Waals surface area contributed by atoms with Crippen molar-refractivity contribution in [3.8, 4) is 17.1 Å². The number of piperidine rings is 1. The van der Waals surface area contributed by atoms with Crippen LogP contribution in [0.5, 0.6) is 5.75 Å². The number of ether oxygens (including phenoxy) is 2. The SMILES string of the molecule is Cc1ncnc(C(=O)N2CC[C@]3(O[C@H](C)c4c3c(=O)n3nc(-c5ccc(N6CCN(C7(C)COC7)CC6)nc5)nc3n4CC(=O)Nc3ccc(C(F)(F)F)cc3Cl)[C@@H](F)C2)c1O. The zero-order chi connectivity index (χ0) is 43.9. The molecule has 1 spiro atoms. The summed E-state index contributed by atoms with van der Waals surface area (Å²) >= 11 is 6.17. The first-order chi connectivity index (χ1) is 29.5. The van der Waals surface area contributed by atoms with Crippen LogP contribution in [0, 0.1) is 6.92 Å². The molecule has 4 aliphatic rings. The molecule has 0 radical (unpaired) electrons. The molecular formula is C40H40ClF4N11O6. The largest absolute Gasteiger partial charge is 0.504 e. The number of rotatable bonds is 7. The first-order valence-corrected chi connectivity index (χ1v) is 20.2. The average molecular weight is 882 g/mol. The number of nitrogens with one attached hydrogen (secondary N) is 1. The second-order valence-corrected chi connectivity index (χ2v) is 16.6. The Morgan fingerprint density at radius 3 is 2.47 bits per heavy atom. The molecule has 17 nitrogen and oxygen atoms in total. The number of nitrogens with zero attached hydrogens (tertiary/aromatic N) is 10. The maximum atomic E-state index is 16.9. The summed E-state index contributed by atoms with van der Waals surface area (Å²) in [5.74, 6) is -1.24. The Labute approximate surface area is 355 Å². The number of alkyl halides is 4. The van der Waals surface area contributed by atoms with Crippen molar-refractivity contribution in [1.29, 1.82) is 0 Å². The molecule has 0 bridgehead atoms. The fourth-order valence-electron chi connectivity index (χ4n) is 8.75. The molecule has 3 saturated heterocycles. The van der Waals surface area contributed by atoms with E-state index in [1.165, 1.54) is 11.5 Å². The highest BCUT2D eigenvalue weighted by Gasteiger charge is 2.57. The fraction of sp³-hybridized carbons (Fsp3) is 0.450. The van der Waals surface area contributed by atoms with Crippen molar-refractivity contribution in [2.75, 3.05) is 62.7 Å². The third-order valence-corrected chi connectivity index (χ3v) is 12.5. The van der Waals surface area contributed by atoms with Gasteiger partial charge in [0.2, 0.25) is 11.7 Å². The number of aromatic nitrogens is 7. The molecule has 4 aliphatic heterocycles. The number of aryl methyl sites for hydroxylation is 1. The number of hydrogen-bond donors (Lipinski definition) is 2. The first kappa shape index (κ1) is 41.6. The van der Waals surface area contributed by atoms with E-state index < -0.39 is 65.8 Å². The second kappa shape index (κ2) is 15.2. The van der Waals surface area contributed by atoms with Gasteiger partial charge >= 0.3 is 6.18 Å². The Bertz CT molecular complexity index is 2670. The average Bonchev–Trinajstić information content (AvgIpc) is 3.81. The zero-order valence-corrected chi connectivity index (χ0v) is 34.4. The van der Waals surface area contributed by atoms with Gasteiger partial charge in [0.25, 0.3) is 11.5 Å². The third kappa shape index (κ3) is 6.99. The number of carbonyl (C=O) groups is 2. The van der Waals surface area contributed by atoms with Crippen LogP contribution in [0.15, 0.2) is 47.7 Å². The van der Waals surface area contributed by atoms with Crippen LogP contribution < -0.4 is 15.8 Å². The van der Waals surface area contributed by atoms with Crippen molar-refractivity contribution in [3.05, 3.63) is 86.4 Å². The lowest BCUT2D eigenvalue weighted by molar-refractivity contribution is -0.143. The van der Waals surface area contributed by atoms with E-state index >= 15 is 4.39 Å². The number of fused-ring (bicyclic) bond motifs is 3. The van der Waals surface area contributed by atoms with E-state index in [4.69, 9.17) is 21.1 Å². The van der Waals surface area contributed by atoms with Gasteiger partial charge in [-0.25, -0.2) is 19.3 Å². The summed E-state index contributed by atoms with van der Waals surface area (Å²) in [7, 11) is 0. The summed E-state index contributed by atoms with van der Waals surface area (Å²) in [4.78, 5) is 64.8. The van der Waals surface area contributed by atoms with Gasteiger partial charge in [0, 0.05) is 50.9 Å². The molecule has 1 aromatic carbocycles. The molecule has 9 rings (SSSR count). The summed E-state index contributed by atoms with van der Waals surface area (Å²) in [6, 6.07) is 6.08. The summed E-state index contributed by atoms with van der Waals surface area (Å²) < 4.78 is 71.1. The number of amides is 2. The molecule has 3 atom stereocenters. The number of hydrogen-bond acceptors (Lipinski definition) is 13. The molecule has 0 aliphatic carbocycles. The van der Waals surface area contributed by atoms with Crippen LogP contribution in [-0.4, -0.2) is 125 Å². The Hall–Kier alpha value is -5.77. The topological polar surface area (TPSA) is 185 Å². The smallest absolute Gasteiger partial charge is 0.416 e. The summed E-state index contributed by atoms with van der Waals surface area (Å²) in [5, 5.41) is 17.2. The van der Waals surface area contributed by atoms with E-state index in [9.17, 15) is 32.7 Å². The van der Waals surface area contributed by atoms with Crippen molar-refractivity contribution in [3.63, 3.8) is 0 Å². The molecule has 2 N–H and O–H groups in total. The molecule has 62 heavy (non-hydrogen) atoms. The van der Waals surface area contributed by atoms with E-state index in [2.05, 4.69) is 47.1 Å². The number of pyridine rings is 1. The predicted octanol–water partition coefficient (Wildman–Crippen LogP) is 4.15. The highest BCUT2D eigenvalue weighted by Crippen LogP contribution is 2.49. The van der Waals surface area contributed by atoms with Gasteiger partial charge in [-0.15, -0.1) is 5.10 Å². The quantitative estimate of drug-likeness (QED) is 0.223. The van der Waals surface area contributed by atoms with E-state index in [1.54, 1.807) is 19.2 Å². The summed E-state index contributed by atoms with van der Waals surface area (Å²) in [6.07, 6.45) is -5.17. The highest BCUT2D eigenvalue weighted by molar-refractivity contribution is 6.33. The van der Waals surface area contributed by atoms with Crippen molar-refractivity contribution >= 4 is 40.7 Å². The Balaban J connectivity index is 1.06. The van der Waals surface area contributed by atoms with Crippen molar-refractivity contribution < 1.29 is 41.7 Å². The molecule has 22 heteroatoms. The molecule has 326 valence electrons. The molecule has 0 unspecified atom stereocenters. The number of anilines is 2. The van der Waals surface area contributed by atoms with Gasteiger partial charge in [-0.3, -0.25) is 19.3 Å². The number of halogens is 5. The molecule has 4 aromatic heterocycles. The number of piperazine rings is 1. The van der Waals surface area contributed by atoms with Crippen LogP contribution in [0.3, 0.4) is 0 Å². The predicted molar refractivity (Wildman–Crippen MR) is 214 cm³/mol. The standard InChI is InChI=1S/C40H40ClF4N11O6/c1-21-33(58)31(48-20-47-21)36(60)53-9-8-39(27(42)16-53)30-32(22(2)62-39)55(17-29(57)49-26-6-5-24(14-25(26)41)40(43,44)45)37-50-34(51-56(37)35(30)59)23-4-7-28(46-15-23)52-10-12-54(13-11-52)38(3)18-61-19-38/h4-7,14-15,20,22,27,58H,8-13,16-19H2,1-3H3,(H,49,57)/t22-,27+,39+/m1/s1. The molecule has 5 aromatic rings. The van der Waals surface area contributed by atoms with Gasteiger partial charge in [0.05, 0.1) is 64.6 Å². The number of benzene rings is 1. The molecular weight excluding hydrogens is 842 g/mol. The zero-order valence-electron chi connectivity index (χ0n) is 33.6. The molecule has 3 fully saturated rings. The van der Waals surface area contributed by atoms with Crippen LogP contribution in [0.1, 0.15) is 59.4 Å². The third-order valence-electron chi connectivity index (χ3n) is 12.2. The van der Waals surface area contributed by atoms with Crippen molar-refractivity contribution in [1.82, 2.24) is 43.9 Å². The number of carbonyl (C=O) groups excluding carboxylic acids is 2. The van der Waals surface area contributed by atoms with Crippen molar-refractivity contribution in [2.24, 2.45) is 0 Å². The highest BCUT2D eigenvalue weighted by atomic mass is 35.5. The van der Waals surface area contributed by atoms with Crippen LogP contribution in [-0.2, 0) is 32.6 Å². The first-order valence-electron chi connectivity index (χ1n) is 19.8. The summed E-state index contributed by atoms with van der Waals surface area (Å²) in [6.45, 7) is 8.64. The Morgan fingerprint density at radius 2 is 1.82 bits per heavy atom. The van der Waals surface area contributed by atoms with Crippen LogP contribution >= 0.6 is 11.6 Å². The van der Waals surface area contributed by atoms with Gasteiger partial charge in [-0.2, -0.15) is 22.7 Å². The minimum atomic E-state index is -4.67. The van der Waals surface area contributed by atoms with Gasteiger partial charge in [-0.1, -0.05) is 11.6 Å². The van der Waals surface area contributed by atoms with Gasteiger partial charge in [0.15, 0.2) is 23.4 Å². The molecule has 2 amide bonds. The number of aromatic hydroxyl groups is 1. The maximum absolute atomic E-state index is 16.9. The number of likely N-dealkylation sites (tertiary alicyclic amines) is 1. The van der Waals surface area contributed by atoms with Crippen molar-refractivity contribution in [2.45, 2.75) is 63.3 Å². The van der Waals surface area contributed by atoms with E-state index in [1.807, 2.05) is 6.07 Å². The molecule has 0 saturated carbocycles. The van der Waals surface area contributed by atoms with E-state index in [0.717, 1.165) is 59.9 Å². The fourth-order valence-corrected chi connectivity index (χ4v) is 8.98. The van der Waals surface area contributed by atoms with E-state index in [0.29, 0.717) is 24.8 Å². The Kier molecular flexibility index (Phi) is 10.2. The monoisotopic (exact) mass is 881 g/mol. The van der Waals surface area contributed by atoms with E-state index in [-0.39, 0.29) is 63.5 Å². The van der Waals surface area contributed by atoms with Crippen LogP contribution in [0.25, 0.3) is 17.2 Å². The van der Waals surface area contributed by atoms with Crippen LogP contribution in [0.2, 0.25) is 5.02 Å². The van der Waals surface area contributed by atoms with Crippen LogP contribution in [0.4, 0.5) is 29.1 Å². The Morgan fingerprint density at radius 1 is 1.06 bits per heavy atom.